The van der Waals surface area contributed by atoms with Gasteiger partial charge in [-0.1, -0.05) is 39.7 Å². The number of carbonyl (C=O) groups is 1. The number of amides is 1. The van der Waals surface area contributed by atoms with Crippen LogP contribution < -0.4 is 5.32 Å². The van der Waals surface area contributed by atoms with Gasteiger partial charge in [0.2, 0.25) is 0 Å². The minimum absolute atomic E-state index is 0.211. The highest BCUT2D eigenvalue weighted by Gasteiger charge is 2.11. The average Bonchev–Trinajstić information content (AvgIpc) is 2.34. The third kappa shape index (κ3) is 3.24. The second-order valence-electron chi connectivity index (χ2n) is 3.56. The molecule has 92 valence electrons. The lowest BCUT2D eigenvalue weighted by Crippen LogP contribution is -2.13. The van der Waals surface area contributed by atoms with E-state index in [4.69, 9.17) is 11.6 Å². The summed E-state index contributed by atoms with van der Waals surface area (Å²) in [5.41, 5.74) is 1.23. The summed E-state index contributed by atoms with van der Waals surface area (Å²) in [5, 5.41) is 3.29. The SMILES string of the molecule is O=C(Nc1cc(Br)ccc1I)c1ccccc1Cl. The van der Waals surface area contributed by atoms with Crippen LogP contribution in [0.2, 0.25) is 5.02 Å². The molecular formula is C13H8BrClINO. The van der Waals surface area contributed by atoms with E-state index in [1.54, 1.807) is 24.3 Å². The molecule has 5 heteroatoms. The molecule has 1 N–H and O–H groups in total. The van der Waals surface area contributed by atoms with Gasteiger partial charge in [-0.05, 0) is 52.9 Å². The lowest BCUT2D eigenvalue weighted by Gasteiger charge is -2.09. The molecule has 0 atom stereocenters. The summed E-state index contributed by atoms with van der Waals surface area (Å²) < 4.78 is 1.88. The molecule has 1 amide bonds. The van der Waals surface area contributed by atoms with Crippen molar-refractivity contribution in [1.82, 2.24) is 0 Å². The van der Waals surface area contributed by atoms with Gasteiger partial charge in [0.05, 0.1) is 16.3 Å². The van der Waals surface area contributed by atoms with Gasteiger partial charge in [0.15, 0.2) is 0 Å². The maximum absolute atomic E-state index is 12.1. The van der Waals surface area contributed by atoms with Gasteiger partial charge in [-0.25, -0.2) is 0 Å². The molecule has 0 aliphatic carbocycles. The Morgan fingerprint density at radius 3 is 2.67 bits per heavy atom. The number of rotatable bonds is 2. The number of hydrogen-bond acceptors (Lipinski definition) is 1. The van der Waals surface area contributed by atoms with Crippen molar-refractivity contribution in [2.24, 2.45) is 0 Å². The molecule has 2 aromatic carbocycles. The van der Waals surface area contributed by atoms with Crippen molar-refractivity contribution in [1.29, 1.82) is 0 Å². The number of hydrogen-bond donors (Lipinski definition) is 1. The smallest absolute Gasteiger partial charge is 0.257 e. The second-order valence-corrected chi connectivity index (χ2v) is 6.04. The van der Waals surface area contributed by atoms with Gasteiger partial charge in [0.25, 0.3) is 5.91 Å². The minimum atomic E-state index is -0.211. The van der Waals surface area contributed by atoms with Gasteiger partial charge in [0.1, 0.15) is 0 Å². The first-order valence-corrected chi connectivity index (χ1v) is 7.34. The van der Waals surface area contributed by atoms with Crippen LogP contribution in [0.4, 0.5) is 5.69 Å². The minimum Gasteiger partial charge on any atom is -0.321 e. The Bertz CT molecular complexity index is 603. The maximum atomic E-state index is 12.1. The number of benzene rings is 2. The summed E-state index contributed by atoms with van der Waals surface area (Å²) in [4.78, 5) is 12.1. The van der Waals surface area contributed by atoms with Crippen LogP contribution in [0.5, 0.6) is 0 Å². The summed E-state index contributed by atoms with van der Waals surface area (Å²) in [7, 11) is 0. The van der Waals surface area contributed by atoms with E-state index in [9.17, 15) is 4.79 Å². The molecule has 0 aliphatic rings. The summed E-state index contributed by atoms with van der Waals surface area (Å²) in [6.07, 6.45) is 0. The molecule has 2 rings (SSSR count). The monoisotopic (exact) mass is 435 g/mol. The van der Waals surface area contributed by atoms with Crippen molar-refractivity contribution >= 4 is 61.7 Å². The average molecular weight is 436 g/mol. The van der Waals surface area contributed by atoms with E-state index in [1.165, 1.54) is 0 Å². The van der Waals surface area contributed by atoms with Gasteiger partial charge >= 0.3 is 0 Å². The lowest BCUT2D eigenvalue weighted by molar-refractivity contribution is 0.102. The predicted molar refractivity (Wildman–Crippen MR) is 86.3 cm³/mol. The fourth-order valence-corrected chi connectivity index (χ4v) is 2.48. The van der Waals surface area contributed by atoms with E-state index in [1.807, 2.05) is 18.2 Å². The van der Waals surface area contributed by atoms with Crippen molar-refractivity contribution in [2.75, 3.05) is 5.32 Å². The zero-order valence-corrected chi connectivity index (χ0v) is 13.6. The second kappa shape index (κ2) is 6.04. The first-order chi connectivity index (χ1) is 8.58. The van der Waals surface area contributed by atoms with Crippen molar-refractivity contribution in [3.8, 4) is 0 Å². The van der Waals surface area contributed by atoms with Crippen LogP contribution in [0.25, 0.3) is 0 Å². The molecule has 0 saturated heterocycles. The van der Waals surface area contributed by atoms with Gasteiger partial charge in [-0.2, -0.15) is 0 Å². The van der Waals surface area contributed by atoms with E-state index in [0.717, 1.165) is 13.7 Å². The van der Waals surface area contributed by atoms with E-state index in [-0.39, 0.29) is 5.91 Å². The molecule has 0 radical (unpaired) electrons. The first kappa shape index (κ1) is 13.8. The van der Waals surface area contributed by atoms with Gasteiger partial charge in [-0.15, -0.1) is 0 Å². The Hall–Kier alpha value is -0.590. The molecule has 2 aromatic rings. The normalized spacial score (nSPS) is 10.2. The van der Waals surface area contributed by atoms with Crippen LogP contribution in [-0.4, -0.2) is 5.91 Å². The zero-order chi connectivity index (χ0) is 13.1. The van der Waals surface area contributed by atoms with Crippen LogP contribution in [0.3, 0.4) is 0 Å². The molecule has 0 spiro atoms. The van der Waals surface area contributed by atoms with Gasteiger partial charge < -0.3 is 5.32 Å². The van der Waals surface area contributed by atoms with Gasteiger partial charge in [-0.3, -0.25) is 4.79 Å². The summed E-state index contributed by atoms with van der Waals surface area (Å²) >= 11 is 11.5. The molecule has 0 aliphatic heterocycles. The fraction of sp³-hybridized carbons (Fsp3) is 0. The van der Waals surface area contributed by atoms with Crippen molar-refractivity contribution in [3.63, 3.8) is 0 Å². The van der Waals surface area contributed by atoms with E-state index >= 15 is 0 Å². The maximum Gasteiger partial charge on any atom is 0.257 e. The molecule has 0 aromatic heterocycles. The summed E-state index contributed by atoms with van der Waals surface area (Å²) in [6, 6.07) is 12.7. The Kier molecular flexibility index (Phi) is 4.64. The number of carbonyl (C=O) groups excluding carboxylic acids is 1. The van der Waals surface area contributed by atoms with E-state index in [2.05, 4.69) is 43.8 Å². The van der Waals surface area contributed by atoms with Crippen molar-refractivity contribution in [2.45, 2.75) is 0 Å². The van der Waals surface area contributed by atoms with E-state index < -0.39 is 0 Å². The predicted octanol–water partition coefficient (Wildman–Crippen LogP) is 4.96. The molecule has 0 saturated carbocycles. The Balaban J connectivity index is 2.27. The fourth-order valence-electron chi connectivity index (χ4n) is 1.43. The van der Waals surface area contributed by atoms with Crippen LogP contribution in [0, 0.1) is 3.57 Å². The lowest BCUT2D eigenvalue weighted by atomic mass is 10.2. The number of anilines is 1. The van der Waals surface area contributed by atoms with Crippen LogP contribution in [0.15, 0.2) is 46.9 Å². The van der Waals surface area contributed by atoms with E-state index in [0.29, 0.717) is 10.6 Å². The Labute approximate surface area is 132 Å². The van der Waals surface area contributed by atoms with Crippen molar-refractivity contribution < 1.29 is 4.79 Å². The van der Waals surface area contributed by atoms with Crippen LogP contribution in [-0.2, 0) is 0 Å². The zero-order valence-electron chi connectivity index (χ0n) is 9.08. The molecule has 0 heterocycles. The van der Waals surface area contributed by atoms with Crippen LogP contribution >= 0.6 is 50.1 Å². The Morgan fingerprint density at radius 2 is 1.94 bits per heavy atom. The molecule has 18 heavy (non-hydrogen) atoms. The largest absolute Gasteiger partial charge is 0.321 e. The quantitative estimate of drug-likeness (QED) is 0.663. The van der Waals surface area contributed by atoms with Crippen LogP contribution in [0.1, 0.15) is 10.4 Å². The third-order valence-corrected chi connectivity index (χ3v) is 4.06. The summed E-state index contributed by atoms with van der Waals surface area (Å²) in [5.74, 6) is -0.211. The molecule has 0 bridgehead atoms. The molecule has 0 fully saturated rings. The topological polar surface area (TPSA) is 29.1 Å². The molecule has 2 nitrogen and oxygen atoms in total. The standard InChI is InChI=1S/C13H8BrClINO/c14-8-5-6-11(16)12(7-8)17-13(18)9-3-1-2-4-10(9)15/h1-7H,(H,17,18). The third-order valence-electron chi connectivity index (χ3n) is 2.30. The highest BCUT2D eigenvalue weighted by molar-refractivity contribution is 14.1. The highest BCUT2D eigenvalue weighted by Crippen LogP contribution is 2.24. The first-order valence-electron chi connectivity index (χ1n) is 5.09. The molecule has 0 unspecified atom stereocenters. The number of nitrogens with one attached hydrogen (secondary N) is 1. The summed E-state index contributed by atoms with van der Waals surface area (Å²) in [6.45, 7) is 0. The number of halogens is 3. The van der Waals surface area contributed by atoms with Gasteiger partial charge in [0, 0.05) is 8.04 Å². The van der Waals surface area contributed by atoms with Crippen molar-refractivity contribution in [3.05, 3.63) is 61.1 Å². The Morgan fingerprint density at radius 1 is 1.22 bits per heavy atom. The molecular weight excluding hydrogens is 428 g/mol. The highest BCUT2D eigenvalue weighted by atomic mass is 127.